The van der Waals surface area contributed by atoms with Gasteiger partial charge >= 0.3 is 0 Å². The summed E-state index contributed by atoms with van der Waals surface area (Å²) < 4.78 is 0. The molecule has 0 saturated heterocycles. The van der Waals surface area contributed by atoms with Crippen LogP contribution in [0.2, 0.25) is 0 Å². The summed E-state index contributed by atoms with van der Waals surface area (Å²) in [5, 5.41) is 3.40. The number of dihydropyridines is 1. The second kappa shape index (κ2) is 3.79. The molecule has 0 radical (unpaired) electrons. The van der Waals surface area contributed by atoms with Crippen molar-refractivity contribution in [3.8, 4) is 0 Å². The molecule has 1 nitrogen and oxygen atoms in total. The molecule has 0 bridgehead atoms. The highest BCUT2D eigenvalue weighted by molar-refractivity contribution is 5.22. The second-order valence-corrected chi connectivity index (χ2v) is 4.04. The molecule has 68 valence electrons. The number of rotatable bonds is 2. The van der Waals surface area contributed by atoms with Crippen LogP contribution in [0.1, 0.15) is 27.7 Å². The average molecular weight is 165 g/mol. The molecule has 2 atom stereocenters. The lowest BCUT2D eigenvalue weighted by Gasteiger charge is -2.26. The molecule has 0 aromatic carbocycles. The van der Waals surface area contributed by atoms with Gasteiger partial charge in [0.1, 0.15) is 0 Å². The Kier molecular flexibility index (Phi) is 2.96. The van der Waals surface area contributed by atoms with Crippen LogP contribution < -0.4 is 5.32 Å². The van der Waals surface area contributed by atoms with Gasteiger partial charge in [0, 0.05) is 6.04 Å². The van der Waals surface area contributed by atoms with Crippen molar-refractivity contribution in [3.05, 3.63) is 23.9 Å². The highest BCUT2D eigenvalue weighted by Gasteiger charge is 2.17. The van der Waals surface area contributed by atoms with E-state index in [2.05, 4.69) is 51.4 Å². The van der Waals surface area contributed by atoms with Crippen molar-refractivity contribution >= 4 is 0 Å². The largest absolute Gasteiger partial charge is 0.384 e. The van der Waals surface area contributed by atoms with Crippen LogP contribution in [0, 0.1) is 11.8 Å². The van der Waals surface area contributed by atoms with E-state index in [-0.39, 0.29) is 0 Å². The fourth-order valence-corrected chi connectivity index (χ4v) is 1.33. The fraction of sp³-hybridized carbons (Fsp3) is 0.636. The Bertz CT molecular complexity index is 201. The van der Waals surface area contributed by atoms with Gasteiger partial charge in [0.15, 0.2) is 0 Å². The number of allylic oxidation sites excluding steroid dienone is 2. The molecule has 1 N–H and O–H groups in total. The van der Waals surface area contributed by atoms with E-state index < -0.39 is 0 Å². The summed E-state index contributed by atoms with van der Waals surface area (Å²) in [6, 6.07) is 0.522. The lowest BCUT2D eigenvalue weighted by atomic mass is 9.89. The topological polar surface area (TPSA) is 12.0 Å². The average Bonchev–Trinajstić information content (AvgIpc) is 2.04. The van der Waals surface area contributed by atoms with Crippen molar-refractivity contribution in [1.82, 2.24) is 5.32 Å². The summed E-state index contributed by atoms with van der Waals surface area (Å²) in [6.07, 6.45) is 6.56. The van der Waals surface area contributed by atoms with E-state index in [9.17, 15) is 0 Å². The maximum atomic E-state index is 3.40. The molecule has 0 spiro atoms. The van der Waals surface area contributed by atoms with E-state index in [0.717, 1.165) is 5.92 Å². The Hall–Kier alpha value is -0.720. The molecule has 1 aliphatic rings. The Morgan fingerprint density at radius 2 is 2.00 bits per heavy atom. The molecule has 12 heavy (non-hydrogen) atoms. The van der Waals surface area contributed by atoms with Crippen molar-refractivity contribution < 1.29 is 0 Å². The van der Waals surface area contributed by atoms with Crippen molar-refractivity contribution in [2.24, 2.45) is 11.8 Å². The molecular weight excluding hydrogens is 146 g/mol. The minimum atomic E-state index is 0.522. The van der Waals surface area contributed by atoms with Gasteiger partial charge in [-0.3, -0.25) is 0 Å². The molecule has 2 unspecified atom stereocenters. The maximum absolute atomic E-state index is 3.40. The van der Waals surface area contributed by atoms with Crippen molar-refractivity contribution in [1.29, 1.82) is 0 Å². The molecule has 1 heterocycles. The zero-order valence-corrected chi connectivity index (χ0v) is 8.46. The summed E-state index contributed by atoms with van der Waals surface area (Å²) in [4.78, 5) is 0. The normalized spacial score (nSPS) is 25.1. The standard InChI is InChI=1S/C11H19N/c1-8(2)10(4)11-6-5-9(3)7-12-11/h5-8,10-12H,1-4H3. The van der Waals surface area contributed by atoms with Crippen LogP contribution in [0.25, 0.3) is 0 Å². The van der Waals surface area contributed by atoms with Crippen LogP contribution in [0.3, 0.4) is 0 Å². The van der Waals surface area contributed by atoms with E-state index in [4.69, 9.17) is 0 Å². The molecule has 1 rings (SSSR count). The highest BCUT2D eigenvalue weighted by Crippen LogP contribution is 2.18. The summed E-state index contributed by atoms with van der Waals surface area (Å²) in [5.41, 5.74) is 1.31. The minimum absolute atomic E-state index is 0.522. The third-order valence-electron chi connectivity index (χ3n) is 2.69. The Morgan fingerprint density at radius 1 is 1.33 bits per heavy atom. The van der Waals surface area contributed by atoms with Gasteiger partial charge in [-0.15, -0.1) is 0 Å². The van der Waals surface area contributed by atoms with Crippen LogP contribution in [-0.4, -0.2) is 6.04 Å². The van der Waals surface area contributed by atoms with Crippen LogP contribution in [0.5, 0.6) is 0 Å². The van der Waals surface area contributed by atoms with Crippen LogP contribution >= 0.6 is 0 Å². The summed E-state index contributed by atoms with van der Waals surface area (Å²) >= 11 is 0. The SMILES string of the molecule is CC1=CNC(C(C)C(C)C)C=C1. The monoisotopic (exact) mass is 165 g/mol. The number of nitrogens with one attached hydrogen (secondary N) is 1. The quantitative estimate of drug-likeness (QED) is 0.663. The van der Waals surface area contributed by atoms with E-state index in [1.165, 1.54) is 5.57 Å². The third kappa shape index (κ3) is 2.13. The van der Waals surface area contributed by atoms with E-state index in [1.54, 1.807) is 0 Å². The van der Waals surface area contributed by atoms with Gasteiger partial charge in [-0.1, -0.05) is 32.9 Å². The molecule has 0 aromatic heterocycles. The Labute approximate surface area is 75.6 Å². The van der Waals surface area contributed by atoms with Gasteiger partial charge in [-0.25, -0.2) is 0 Å². The van der Waals surface area contributed by atoms with E-state index in [0.29, 0.717) is 12.0 Å². The highest BCUT2D eigenvalue weighted by atomic mass is 14.9. The van der Waals surface area contributed by atoms with Crippen LogP contribution in [0.4, 0.5) is 0 Å². The lowest BCUT2D eigenvalue weighted by molar-refractivity contribution is 0.357. The van der Waals surface area contributed by atoms with Gasteiger partial charge in [0.05, 0.1) is 0 Å². The molecule has 0 aliphatic carbocycles. The first kappa shape index (κ1) is 9.37. The molecule has 0 fully saturated rings. The summed E-state index contributed by atoms with van der Waals surface area (Å²) in [6.45, 7) is 8.94. The molecule has 0 aromatic rings. The number of hydrogen-bond donors (Lipinski definition) is 1. The van der Waals surface area contributed by atoms with Gasteiger partial charge in [-0.05, 0) is 30.5 Å². The third-order valence-corrected chi connectivity index (χ3v) is 2.69. The van der Waals surface area contributed by atoms with Gasteiger partial charge in [0.25, 0.3) is 0 Å². The predicted molar refractivity (Wildman–Crippen MR) is 53.8 cm³/mol. The Balaban J connectivity index is 2.53. The zero-order valence-electron chi connectivity index (χ0n) is 8.46. The van der Waals surface area contributed by atoms with Crippen LogP contribution in [-0.2, 0) is 0 Å². The van der Waals surface area contributed by atoms with Crippen molar-refractivity contribution in [2.75, 3.05) is 0 Å². The summed E-state index contributed by atoms with van der Waals surface area (Å²) in [7, 11) is 0. The van der Waals surface area contributed by atoms with Crippen LogP contribution in [0.15, 0.2) is 23.9 Å². The molecule has 1 aliphatic heterocycles. The lowest BCUT2D eigenvalue weighted by Crippen LogP contribution is -2.33. The fourth-order valence-electron chi connectivity index (χ4n) is 1.33. The van der Waals surface area contributed by atoms with Gasteiger partial charge < -0.3 is 5.32 Å². The van der Waals surface area contributed by atoms with Gasteiger partial charge in [-0.2, -0.15) is 0 Å². The van der Waals surface area contributed by atoms with Crippen molar-refractivity contribution in [2.45, 2.75) is 33.7 Å². The minimum Gasteiger partial charge on any atom is -0.384 e. The number of hydrogen-bond acceptors (Lipinski definition) is 1. The Morgan fingerprint density at radius 3 is 2.42 bits per heavy atom. The molecular formula is C11H19N. The van der Waals surface area contributed by atoms with E-state index >= 15 is 0 Å². The summed E-state index contributed by atoms with van der Waals surface area (Å²) in [5.74, 6) is 1.43. The molecule has 0 amide bonds. The smallest absolute Gasteiger partial charge is 0.0470 e. The first-order valence-electron chi connectivity index (χ1n) is 4.72. The second-order valence-electron chi connectivity index (χ2n) is 4.04. The maximum Gasteiger partial charge on any atom is 0.0470 e. The first-order chi connectivity index (χ1) is 5.61. The first-order valence-corrected chi connectivity index (χ1v) is 4.72. The molecule has 1 heteroatoms. The van der Waals surface area contributed by atoms with E-state index in [1.807, 2.05) is 0 Å². The zero-order chi connectivity index (χ0) is 9.14. The van der Waals surface area contributed by atoms with Gasteiger partial charge in [0.2, 0.25) is 0 Å². The predicted octanol–water partition coefficient (Wildman–Crippen LogP) is 2.71. The van der Waals surface area contributed by atoms with Crippen molar-refractivity contribution in [3.63, 3.8) is 0 Å². The molecule has 0 saturated carbocycles.